The van der Waals surface area contributed by atoms with Crippen molar-refractivity contribution in [1.29, 1.82) is 0 Å². The van der Waals surface area contributed by atoms with Crippen LogP contribution in [-0.2, 0) is 18.0 Å². The van der Waals surface area contributed by atoms with Crippen molar-refractivity contribution >= 4 is 0 Å². The molecule has 1 heterocycles. The molecule has 0 aliphatic rings. The fourth-order valence-electron chi connectivity index (χ4n) is 2.62. The fourth-order valence-corrected chi connectivity index (χ4v) is 2.62. The van der Waals surface area contributed by atoms with E-state index in [9.17, 15) is 13.2 Å². The van der Waals surface area contributed by atoms with E-state index in [0.29, 0.717) is 13.2 Å². The number of nitrogens with zero attached hydrogens (tertiary/aromatic N) is 3. The predicted molar refractivity (Wildman–Crippen MR) is 90.5 cm³/mol. The Hall–Kier alpha value is -1.86. The lowest BCUT2D eigenvalue weighted by Crippen LogP contribution is -2.18. The van der Waals surface area contributed by atoms with Gasteiger partial charge in [-0.05, 0) is 44.8 Å². The first-order valence-electron chi connectivity index (χ1n) is 8.16. The van der Waals surface area contributed by atoms with Crippen molar-refractivity contribution in [1.82, 2.24) is 14.5 Å². The topological polar surface area (TPSA) is 30.3 Å². The van der Waals surface area contributed by atoms with Gasteiger partial charge >= 0.3 is 6.18 Å². The average Bonchev–Trinajstić information content (AvgIpc) is 2.96. The number of halogens is 3. The van der Waals surface area contributed by atoms with Crippen LogP contribution in [0.1, 0.15) is 29.3 Å². The highest BCUT2D eigenvalue weighted by molar-refractivity contribution is 5.31. The number of aromatic nitrogens is 2. The van der Waals surface area contributed by atoms with Crippen LogP contribution in [0.2, 0.25) is 0 Å². The highest BCUT2D eigenvalue weighted by Crippen LogP contribution is 2.31. The summed E-state index contributed by atoms with van der Waals surface area (Å²) < 4.78 is 45.9. The Balaban J connectivity index is 2.11. The van der Waals surface area contributed by atoms with Crippen LogP contribution in [0.25, 0.3) is 0 Å². The van der Waals surface area contributed by atoms with Crippen LogP contribution in [0, 0.1) is 0 Å². The van der Waals surface area contributed by atoms with E-state index in [1.54, 1.807) is 6.20 Å². The van der Waals surface area contributed by atoms with E-state index in [1.165, 1.54) is 12.1 Å². The third kappa shape index (κ3) is 5.57. The molecule has 0 aliphatic carbocycles. The minimum Gasteiger partial charge on any atom is -0.380 e. The highest BCUT2D eigenvalue weighted by atomic mass is 19.4. The van der Waals surface area contributed by atoms with Crippen molar-refractivity contribution in [2.75, 3.05) is 33.9 Å². The second-order valence-electron chi connectivity index (χ2n) is 6.30. The Morgan fingerprint density at radius 2 is 1.88 bits per heavy atom. The van der Waals surface area contributed by atoms with Gasteiger partial charge in [-0.3, -0.25) is 0 Å². The van der Waals surface area contributed by atoms with Crippen molar-refractivity contribution in [2.45, 2.75) is 18.5 Å². The number of ether oxygens (including phenoxy) is 1. The molecule has 1 aromatic carbocycles. The Morgan fingerprint density at radius 3 is 2.40 bits per heavy atom. The third-order valence-electron chi connectivity index (χ3n) is 3.99. The summed E-state index contributed by atoms with van der Waals surface area (Å²) >= 11 is 0. The largest absolute Gasteiger partial charge is 0.416 e. The molecule has 1 aromatic heterocycles. The summed E-state index contributed by atoms with van der Waals surface area (Å²) in [5.41, 5.74) is 0.108. The van der Waals surface area contributed by atoms with Gasteiger partial charge in [-0.1, -0.05) is 12.1 Å². The molecule has 0 aliphatic heterocycles. The van der Waals surface area contributed by atoms with Crippen LogP contribution in [0.4, 0.5) is 13.2 Å². The number of hydrogen-bond acceptors (Lipinski definition) is 3. The molecule has 1 unspecified atom stereocenters. The Bertz CT molecular complexity index is 650. The Morgan fingerprint density at radius 1 is 1.20 bits per heavy atom. The van der Waals surface area contributed by atoms with Crippen LogP contribution in [0.3, 0.4) is 0 Å². The van der Waals surface area contributed by atoms with Gasteiger partial charge in [-0.25, -0.2) is 4.98 Å². The van der Waals surface area contributed by atoms with Gasteiger partial charge in [0.2, 0.25) is 0 Å². The number of benzene rings is 1. The normalized spacial score (nSPS) is 13.4. The molecule has 1 atom stereocenters. The maximum atomic E-state index is 12.8. The van der Waals surface area contributed by atoms with E-state index < -0.39 is 11.7 Å². The summed E-state index contributed by atoms with van der Waals surface area (Å²) in [5, 5.41) is 0. The zero-order chi connectivity index (χ0) is 18.4. The minimum atomic E-state index is -4.33. The SMILES string of the molecule is CN(C)CCCOCC(c1ccc(C(F)(F)F)cc1)c1nccn1C. The quantitative estimate of drug-likeness (QED) is 0.679. The van der Waals surface area contributed by atoms with Gasteiger partial charge in [0.15, 0.2) is 0 Å². The summed E-state index contributed by atoms with van der Waals surface area (Å²) in [5.74, 6) is 0.564. The van der Waals surface area contributed by atoms with Crippen LogP contribution >= 0.6 is 0 Å². The Labute approximate surface area is 146 Å². The first-order valence-corrected chi connectivity index (χ1v) is 8.16. The molecule has 7 heteroatoms. The molecule has 2 rings (SSSR count). The number of imidazole rings is 1. The van der Waals surface area contributed by atoms with E-state index in [0.717, 1.165) is 36.5 Å². The molecule has 4 nitrogen and oxygen atoms in total. The van der Waals surface area contributed by atoms with Crippen LogP contribution in [0.15, 0.2) is 36.7 Å². The van der Waals surface area contributed by atoms with E-state index >= 15 is 0 Å². The van der Waals surface area contributed by atoms with E-state index in [1.807, 2.05) is 31.9 Å². The van der Waals surface area contributed by atoms with Gasteiger partial charge in [0, 0.05) is 26.0 Å². The molecule has 0 N–H and O–H groups in total. The lowest BCUT2D eigenvalue weighted by molar-refractivity contribution is -0.137. The average molecular weight is 355 g/mol. The van der Waals surface area contributed by atoms with Crippen molar-refractivity contribution in [3.8, 4) is 0 Å². The smallest absolute Gasteiger partial charge is 0.380 e. The molecule has 0 saturated heterocycles. The van der Waals surface area contributed by atoms with E-state index in [-0.39, 0.29) is 5.92 Å². The van der Waals surface area contributed by atoms with Gasteiger partial charge in [0.1, 0.15) is 5.82 Å². The minimum absolute atomic E-state index is 0.207. The third-order valence-corrected chi connectivity index (χ3v) is 3.99. The second kappa shape index (κ2) is 8.49. The maximum absolute atomic E-state index is 12.8. The van der Waals surface area contributed by atoms with E-state index in [2.05, 4.69) is 9.88 Å². The molecular weight excluding hydrogens is 331 g/mol. The summed E-state index contributed by atoms with van der Waals surface area (Å²) in [6.45, 7) is 1.90. The molecule has 2 aromatic rings. The first-order chi connectivity index (χ1) is 11.8. The van der Waals surface area contributed by atoms with Gasteiger partial charge in [-0.2, -0.15) is 13.2 Å². The molecule has 0 bridgehead atoms. The number of rotatable bonds is 8. The molecule has 0 spiro atoms. The van der Waals surface area contributed by atoms with Crippen molar-refractivity contribution in [2.24, 2.45) is 7.05 Å². The van der Waals surface area contributed by atoms with Crippen LogP contribution in [-0.4, -0.2) is 48.3 Å². The van der Waals surface area contributed by atoms with Gasteiger partial charge in [0.25, 0.3) is 0 Å². The standard InChI is InChI=1S/C18H24F3N3O/c1-23(2)10-4-12-25-13-16(17-22-9-11-24(17)3)14-5-7-15(8-6-14)18(19,20)21/h5-9,11,16H,4,10,12-13H2,1-3H3. The zero-order valence-electron chi connectivity index (χ0n) is 14.8. The Kier molecular flexibility index (Phi) is 6.61. The molecule has 0 radical (unpaired) electrons. The summed E-state index contributed by atoms with van der Waals surface area (Å²) in [7, 11) is 5.86. The summed E-state index contributed by atoms with van der Waals surface area (Å²) in [4.78, 5) is 6.42. The fraction of sp³-hybridized carbons (Fsp3) is 0.500. The summed E-state index contributed by atoms with van der Waals surface area (Å²) in [6.07, 6.45) is 0.0597. The lowest BCUT2D eigenvalue weighted by atomic mass is 9.97. The molecule has 0 amide bonds. The molecule has 0 saturated carbocycles. The van der Waals surface area contributed by atoms with Crippen molar-refractivity contribution in [3.05, 3.63) is 53.6 Å². The van der Waals surface area contributed by atoms with Crippen molar-refractivity contribution in [3.63, 3.8) is 0 Å². The number of aryl methyl sites for hydroxylation is 1. The first kappa shape index (κ1) is 19.5. The summed E-state index contributed by atoms with van der Waals surface area (Å²) in [6, 6.07) is 5.23. The van der Waals surface area contributed by atoms with Crippen LogP contribution in [0.5, 0.6) is 0 Å². The molecule has 138 valence electrons. The molecule has 25 heavy (non-hydrogen) atoms. The maximum Gasteiger partial charge on any atom is 0.416 e. The number of hydrogen-bond donors (Lipinski definition) is 0. The van der Waals surface area contributed by atoms with Gasteiger partial charge < -0.3 is 14.2 Å². The van der Waals surface area contributed by atoms with Gasteiger partial charge in [0.05, 0.1) is 18.1 Å². The van der Waals surface area contributed by atoms with Crippen molar-refractivity contribution < 1.29 is 17.9 Å². The van der Waals surface area contributed by atoms with Gasteiger partial charge in [-0.15, -0.1) is 0 Å². The van der Waals surface area contributed by atoms with E-state index in [4.69, 9.17) is 4.74 Å². The highest BCUT2D eigenvalue weighted by Gasteiger charge is 2.30. The van der Waals surface area contributed by atoms with Crippen LogP contribution < -0.4 is 0 Å². The molecular formula is C18H24F3N3O. The second-order valence-corrected chi connectivity index (χ2v) is 6.30. The zero-order valence-corrected chi connectivity index (χ0v) is 14.8. The monoisotopic (exact) mass is 355 g/mol. The number of alkyl halides is 3. The lowest BCUT2D eigenvalue weighted by Gasteiger charge is -2.19. The molecule has 0 fully saturated rings. The predicted octanol–water partition coefficient (Wildman–Crippen LogP) is 3.54.